The maximum atomic E-state index is 12.6. The van der Waals surface area contributed by atoms with Crippen LogP contribution in [0.4, 0.5) is 0 Å². The zero-order chi connectivity index (χ0) is 21.6. The van der Waals surface area contributed by atoms with E-state index in [4.69, 9.17) is 0 Å². The molecule has 7 heteroatoms. The molecular weight excluding hydrogens is 398 g/mol. The van der Waals surface area contributed by atoms with E-state index >= 15 is 0 Å². The van der Waals surface area contributed by atoms with Gasteiger partial charge < -0.3 is 5.32 Å². The third-order valence-corrected chi connectivity index (χ3v) is 6.94. The Morgan fingerprint density at radius 2 is 1.67 bits per heavy atom. The van der Waals surface area contributed by atoms with Crippen LogP contribution in [0.2, 0.25) is 0 Å². The van der Waals surface area contributed by atoms with E-state index < -0.39 is 10.0 Å². The number of hydrogen-bond donors (Lipinski definition) is 1. The molecule has 3 rings (SSSR count). The van der Waals surface area contributed by atoms with Crippen molar-refractivity contribution in [2.24, 2.45) is 0 Å². The molecule has 2 aromatic rings. The molecule has 1 atom stereocenters. The normalized spacial score (nSPS) is 17.1. The van der Waals surface area contributed by atoms with Crippen LogP contribution in [0.5, 0.6) is 0 Å². The van der Waals surface area contributed by atoms with E-state index in [1.54, 1.807) is 6.08 Å². The van der Waals surface area contributed by atoms with Gasteiger partial charge in [-0.2, -0.15) is 4.31 Å². The summed E-state index contributed by atoms with van der Waals surface area (Å²) < 4.78 is 26.7. The average Bonchev–Trinajstić information content (AvgIpc) is 2.77. The molecule has 0 aromatic heterocycles. The smallest absolute Gasteiger partial charge is 0.237 e. The highest BCUT2D eigenvalue weighted by atomic mass is 32.2. The van der Waals surface area contributed by atoms with Gasteiger partial charge >= 0.3 is 0 Å². The molecule has 1 heterocycles. The molecule has 1 amide bonds. The number of aryl methyl sites for hydroxylation is 1. The Morgan fingerprint density at radius 3 is 2.30 bits per heavy atom. The van der Waals surface area contributed by atoms with Gasteiger partial charge in [-0.15, -0.1) is 0 Å². The van der Waals surface area contributed by atoms with Gasteiger partial charge in [-0.1, -0.05) is 60.2 Å². The monoisotopic (exact) mass is 427 g/mol. The molecule has 1 fully saturated rings. The average molecular weight is 428 g/mol. The molecule has 0 spiro atoms. The second kappa shape index (κ2) is 10.0. The summed E-state index contributed by atoms with van der Waals surface area (Å²) in [6.45, 7) is 6.18. The minimum absolute atomic E-state index is 0.0455. The van der Waals surface area contributed by atoms with Gasteiger partial charge in [-0.3, -0.25) is 9.69 Å². The van der Waals surface area contributed by atoms with Gasteiger partial charge in [0.05, 0.1) is 6.04 Å². The zero-order valence-electron chi connectivity index (χ0n) is 17.5. The number of hydrogen-bond acceptors (Lipinski definition) is 4. The summed E-state index contributed by atoms with van der Waals surface area (Å²) in [5, 5.41) is 4.23. The molecule has 160 valence electrons. The van der Waals surface area contributed by atoms with Gasteiger partial charge in [0.1, 0.15) is 0 Å². The number of carbonyl (C=O) groups is 1. The number of carbonyl (C=O) groups excluding carboxylic acids is 1. The molecule has 1 N–H and O–H groups in total. The van der Waals surface area contributed by atoms with Crippen molar-refractivity contribution < 1.29 is 13.2 Å². The summed E-state index contributed by atoms with van der Waals surface area (Å²) in [6, 6.07) is 17.1. The summed E-state index contributed by atoms with van der Waals surface area (Å²) >= 11 is 0. The van der Waals surface area contributed by atoms with Crippen LogP contribution in [-0.2, 0) is 21.4 Å². The van der Waals surface area contributed by atoms with Gasteiger partial charge in [0, 0.05) is 38.1 Å². The fraction of sp³-hybridized carbons (Fsp3) is 0.348. The van der Waals surface area contributed by atoms with Gasteiger partial charge in [0.2, 0.25) is 15.9 Å². The topological polar surface area (TPSA) is 69.7 Å². The number of piperazine rings is 1. The van der Waals surface area contributed by atoms with E-state index in [1.807, 2.05) is 73.3 Å². The number of nitrogens with zero attached hydrogens (tertiary/aromatic N) is 2. The first-order valence-corrected chi connectivity index (χ1v) is 11.7. The first-order valence-electron chi connectivity index (χ1n) is 10.2. The molecule has 1 aliphatic rings. The van der Waals surface area contributed by atoms with E-state index in [0.717, 1.165) is 11.1 Å². The van der Waals surface area contributed by atoms with Crippen molar-refractivity contribution in [3.05, 3.63) is 76.7 Å². The SMILES string of the molecule is Cc1ccc(CNC(=O)[C@@H](C)N2CCN(S(=O)(=O)/C=C/c3ccccc3)CC2)cc1. The largest absolute Gasteiger partial charge is 0.351 e. The molecule has 6 nitrogen and oxygen atoms in total. The molecule has 0 bridgehead atoms. The molecule has 0 unspecified atom stereocenters. The van der Waals surface area contributed by atoms with E-state index in [1.165, 1.54) is 15.3 Å². The predicted molar refractivity (Wildman–Crippen MR) is 120 cm³/mol. The van der Waals surface area contributed by atoms with Gasteiger partial charge in [-0.25, -0.2) is 8.42 Å². The molecule has 0 aliphatic carbocycles. The maximum Gasteiger partial charge on any atom is 0.237 e. The summed E-state index contributed by atoms with van der Waals surface area (Å²) in [6.07, 6.45) is 1.61. The Morgan fingerprint density at radius 1 is 1.03 bits per heavy atom. The second-order valence-corrected chi connectivity index (χ2v) is 9.39. The number of nitrogens with one attached hydrogen (secondary N) is 1. The fourth-order valence-corrected chi connectivity index (χ4v) is 4.54. The molecule has 1 aliphatic heterocycles. The van der Waals surface area contributed by atoms with Crippen LogP contribution in [0.1, 0.15) is 23.6 Å². The lowest BCUT2D eigenvalue weighted by atomic mass is 10.1. The highest BCUT2D eigenvalue weighted by Crippen LogP contribution is 2.13. The van der Waals surface area contributed by atoms with Crippen molar-refractivity contribution >= 4 is 22.0 Å². The predicted octanol–water partition coefficient (Wildman–Crippen LogP) is 2.62. The van der Waals surface area contributed by atoms with Crippen molar-refractivity contribution in [2.45, 2.75) is 26.4 Å². The van der Waals surface area contributed by atoms with Crippen molar-refractivity contribution in [2.75, 3.05) is 26.2 Å². The number of amides is 1. The number of sulfonamides is 1. The van der Waals surface area contributed by atoms with Crippen molar-refractivity contribution in [3.8, 4) is 0 Å². The summed E-state index contributed by atoms with van der Waals surface area (Å²) in [5.74, 6) is -0.0455. The molecular formula is C23H29N3O3S. The lowest BCUT2D eigenvalue weighted by molar-refractivity contribution is -0.126. The van der Waals surface area contributed by atoms with Crippen molar-refractivity contribution in [1.82, 2.24) is 14.5 Å². The van der Waals surface area contributed by atoms with Crippen LogP contribution >= 0.6 is 0 Å². The quantitative estimate of drug-likeness (QED) is 0.738. The first kappa shape index (κ1) is 22.2. The van der Waals surface area contributed by atoms with Crippen LogP contribution in [0, 0.1) is 6.92 Å². The lowest BCUT2D eigenvalue weighted by Crippen LogP contribution is -2.54. The van der Waals surface area contributed by atoms with Gasteiger partial charge in [-0.05, 0) is 31.1 Å². The first-order chi connectivity index (χ1) is 14.3. The van der Waals surface area contributed by atoms with E-state index in [0.29, 0.717) is 32.7 Å². The fourth-order valence-electron chi connectivity index (χ4n) is 3.37. The minimum Gasteiger partial charge on any atom is -0.351 e. The highest BCUT2D eigenvalue weighted by molar-refractivity contribution is 7.92. The van der Waals surface area contributed by atoms with Crippen LogP contribution in [0.15, 0.2) is 60.0 Å². The number of benzene rings is 2. The lowest BCUT2D eigenvalue weighted by Gasteiger charge is -2.36. The Bertz CT molecular complexity index is 965. The zero-order valence-corrected chi connectivity index (χ0v) is 18.3. The summed E-state index contributed by atoms with van der Waals surface area (Å²) in [4.78, 5) is 14.5. The third-order valence-electron chi connectivity index (χ3n) is 5.38. The van der Waals surface area contributed by atoms with Crippen LogP contribution in [0.25, 0.3) is 6.08 Å². The molecule has 2 aromatic carbocycles. The Kier molecular flexibility index (Phi) is 7.42. The third kappa shape index (κ3) is 6.01. The molecule has 30 heavy (non-hydrogen) atoms. The standard InChI is InChI=1S/C23H29N3O3S/c1-19-8-10-22(11-9-19)18-24-23(27)20(2)25-13-15-26(16-14-25)30(28,29)17-12-21-6-4-3-5-7-21/h3-12,17,20H,13-16,18H2,1-2H3,(H,24,27)/b17-12+/t20-/m1/s1. The maximum absolute atomic E-state index is 12.6. The summed E-state index contributed by atoms with van der Waals surface area (Å²) in [5.41, 5.74) is 3.09. The Labute approximate surface area is 179 Å². The second-order valence-electron chi connectivity index (χ2n) is 7.57. The van der Waals surface area contributed by atoms with Crippen molar-refractivity contribution in [1.29, 1.82) is 0 Å². The number of rotatable bonds is 7. The minimum atomic E-state index is -3.48. The molecule has 1 saturated heterocycles. The van der Waals surface area contributed by atoms with Crippen LogP contribution in [-0.4, -0.2) is 55.8 Å². The van der Waals surface area contributed by atoms with E-state index in [9.17, 15) is 13.2 Å². The van der Waals surface area contributed by atoms with Crippen molar-refractivity contribution in [3.63, 3.8) is 0 Å². The van der Waals surface area contributed by atoms with Crippen LogP contribution in [0.3, 0.4) is 0 Å². The van der Waals surface area contributed by atoms with Gasteiger partial charge in [0.15, 0.2) is 0 Å². The molecule has 0 radical (unpaired) electrons. The summed E-state index contributed by atoms with van der Waals surface area (Å²) in [7, 11) is -3.48. The molecule has 0 saturated carbocycles. The van der Waals surface area contributed by atoms with Gasteiger partial charge in [0.25, 0.3) is 0 Å². The van der Waals surface area contributed by atoms with Crippen LogP contribution < -0.4 is 5.32 Å². The Hall–Kier alpha value is -2.48. The highest BCUT2D eigenvalue weighted by Gasteiger charge is 2.29. The van der Waals surface area contributed by atoms with E-state index in [2.05, 4.69) is 5.32 Å². The van der Waals surface area contributed by atoms with E-state index in [-0.39, 0.29) is 11.9 Å². The Balaban J connectivity index is 1.49.